The quantitative estimate of drug-likeness (QED) is 0.674. The monoisotopic (exact) mass is 313 g/mol. The van der Waals surface area contributed by atoms with Crippen LogP contribution >= 0.6 is 11.6 Å². The van der Waals surface area contributed by atoms with E-state index in [4.69, 9.17) is 21.3 Å². The first kappa shape index (κ1) is 18.2. The number of nitrogens with zero attached hydrogens (tertiary/aromatic N) is 3. The zero-order valence-corrected chi connectivity index (χ0v) is 14.9. The van der Waals surface area contributed by atoms with Gasteiger partial charge in [0.15, 0.2) is 0 Å². The highest BCUT2D eigenvalue weighted by Crippen LogP contribution is 2.28. The van der Waals surface area contributed by atoms with Gasteiger partial charge >= 0.3 is 0 Å². The van der Waals surface area contributed by atoms with Crippen LogP contribution in [0.25, 0.3) is 0 Å². The predicted molar refractivity (Wildman–Crippen MR) is 89.5 cm³/mol. The van der Waals surface area contributed by atoms with Crippen molar-refractivity contribution < 1.29 is 4.74 Å². The van der Waals surface area contributed by atoms with Crippen molar-refractivity contribution >= 4 is 17.4 Å². The normalized spacial score (nSPS) is 11.5. The Morgan fingerprint density at radius 2 is 1.81 bits per heavy atom. The van der Waals surface area contributed by atoms with Crippen molar-refractivity contribution in [2.24, 2.45) is 0 Å². The second kappa shape index (κ2) is 8.54. The van der Waals surface area contributed by atoms with Gasteiger partial charge in [-0.05, 0) is 19.8 Å². The summed E-state index contributed by atoms with van der Waals surface area (Å²) in [6.07, 6.45) is 2.14. The number of rotatable bonds is 8. The second-order valence-electron chi connectivity index (χ2n) is 5.63. The Morgan fingerprint density at radius 3 is 2.29 bits per heavy atom. The van der Waals surface area contributed by atoms with Crippen molar-refractivity contribution in [2.45, 2.75) is 59.4 Å². The van der Waals surface area contributed by atoms with Crippen LogP contribution in [0.1, 0.15) is 57.8 Å². The Balaban J connectivity index is 3.27. The SMILES string of the molecule is CCC(CC)N(CCOC)c1nc(C(C)C)nc(Cl)c1C. The molecule has 0 saturated heterocycles. The van der Waals surface area contributed by atoms with Crippen LogP contribution in [0.2, 0.25) is 5.15 Å². The minimum Gasteiger partial charge on any atom is -0.383 e. The molecular formula is C16H28ClN3O. The summed E-state index contributed by atoms with van der Waals surface area (Å²) in [5, 5.41) is 0.553. The summed E-state index contributed by atoms with van der Waals surface area (Å²) < 4.78 is 5.26. The minimum absolute atomic E-state index is 0.257. The second-order valence-corrected chi connectivity index (χ2v) is 5.99. The van der Waals surface area contributed by atoms with Crippen molar-refractivity contribution in [3.8, 4) is 0 Å². The first-order valence-electron chi connectivity index (χ1n) is 7.75. The summed E-state index contributed by atoms with van der Waals surface area (Å²) in [7, 11) is 1.73. The number of methoxy groups -OCH3 is 1. The van der Waals surface area contributed by atoms with Crippen LogP contribution in [0.4, 0.5) is 5.82 Å². The molecule has 1 aromatic rings. The van der Waals surface area contributed by atoms with Gasteiger partial charge in [0.1, 0.15) is 16.8 Å². The molecule has 1 rings (SSSR count). The molecule has 0 amide bonds. The molecule has 1 aromatic heterocycles. The Bertz CT molecular complexity index is 447. The van der Waals surface area contributed by atoms with E-state index in [1.165, 1.54) is 0 Å². The maximum Gasteiger partial charge on any atom is 0.137 e. The van der Waals surface area contributed by atoms with Gasteiger partial charge in [0, 0.05) is 31.2 Å². The lowest BCUT2D eigenvalue weighted by Gasteiger charge is -2.33. The van der Waals surface area contributed by atoms with Gasteiger partial charge in [-0.2, -0.15) is 0 Å². The molecule has 1 heterocycles. The molecule has 0 aliphatic carbocycles. The molecule has 0 N–H and O–H groups in total. The van der Waals surface area contributed by atoms with Gasteiger partial charge in [-0.1, -0.05) is 39.3 Å². The summed E-state index contributed by atoms with van der Waals surface area (Å²) >= 11 is 6.32. The highest BCUT2D eigenvalue weighted by Gasteiger charge is 2.22. The fraction of sp³-hybridized carbons (Fsp3) is 0.750. The third-order valence-electron chi connectivity index (χ3n) is 3.79. The van der Waals surface area contributed by atoms with E-state index in [9.17, 15) is 0 Å². The number of hydrogen-bond donors (Lipinski definition) is 0. The van der Waals surface area contributed by atoms with Gasteiger partial charge in [0.05, 0.1) is 6.61 Å². The third kappa shape index (κ3) is 4.55. The van der Waals surface area contributed by atoms with E-state index in [0.29, 0.717) is 17.8 Å². The van der Waals surface area contributed by atoms with Crippen LogP contribution in [0.15, 0.2) is 0 Å². The van der Waals surface area contributed by atoms with Gasteiger partial charge in [0.2, 0.25) is 0 Å². The van der Waals surface area contributed by atoms with Crippen molar-refractivity contribution in [1.82, 2.24) is 9.97 Å². The molecular weight excluding hydrogens is 286 g/mol. The van der Waals surface area contributed by atoms with Crippen molar-refractivity contribution in [3.63, 3.8) is 0 Å². The van der Waals surface area contributed by atoms with Crippen LogP contribution in [-0.4, -0.2) is 36.3 Å². The maximum atomic E-state index is 6.32. The fourth-order valence-corrected chi connectivity index (χ4v) is 2.58. The molecule has 21 heavy (non-hydrogen) atoms. The number of halogens is 1. The molecule has 0 aliphatic heterocycles. The van der Waals surface area contributed by atoms with Gasteiger partial charge < -0.3 is 9.64 Å². The molecule has 0 aromatic carbocycles. The van der Waals surface area contributed by atoms with Gasteiger partial charge in [-0.3, -0.25) is 0 Å². The van der Waals surface area contributed by atoms with E-state index in [1.807, 2.05) is 6.92 Å². The topological polar surface area (TPSA) is 38.2 Å². The number of ether oxygens (including phenoxy) is 1. The molecule has 5 heteroatoms. The average Bonchev–Trinajstić information content (AvgIpc) is 2.46. The zero-order chi connectivity index (χ0) is 16.0. The smallest absolute Gasteiger partial charge is 0.137 e. The van der Waals surface area contributed by atoms with Crippen molar-refractivity contribution in [2.75, 3.05) is 25.2 Å². The minimum atomic E-state index is 0.257. The first-order chi connectivity index (χ1) is 9.96. The highest BCUT2D eigenvalue weighted by molar-refractivity contribution is 6.30. The third-order valence-corrected chi connectivity index (χ3v) is 4.15. The molecule has 0 unspecified atom stereocenters. The van der Waals surface area contributed by atoms with E-state index in [1.54, 1.807) is 7.11 Å². The molecule has 0 radical (unpaired) electrons. The standard InChI is InChI=1S/C16H28ClN3O/c1-7-13(8-2)20(9-10-21-6)16-12(5)14(17)18-15(19-16)11(3)4/h11,13H,7-10H2,1-6H3. The van der Waals surface area contributed by atoms with E-state index in [-0.39, 0.29) is 5.92 Å². The summed E-state index contributed by atoms with van der Waals surface area (Å²) in [4.78, 5) is 11.5. The molecule has 120 valence electrons. The average molecular weight is 314 g/mol. The van der Waals surface area contributed by atoms with Crippen molar-refractivity contribution in [1.29, 1.82) is 0 Å². The maximum absolute atomic E-state index is 6.32. The highest BCUT2D eigenvalue weighted by atomic mass is 35.5. The van der Waals surface area contributed by atoms with E-state index < -0.39 is 0 Å². The van der Waals surface area contributed by atoms with Gasteiger partial charge in [-0.15, -0.1) is 0 Å². The largest absolute Gasteiger partial charge is 0.383 e. The molecule has 4 nitrogen and oxygen atoms in total. The van der Waals surface area contributed by atoms with Crippen LogP contribution in [0, 0.1) is 6.92 Å². The Morgan fingerprint density at radius 1 is 1.19 bits per heavy atom. The lowest BCUT2D eigenvalue weighted by molar-refractivity contribution is 0.202. The lowest BCUT2D eigenvalue weighted by atomic mass is 10.1. The lowest BCUT2D eigenvalue weighted by Crippen LogP contribution is -2.38. The molecule has 0 fully saturated rings. The van der Waals surface area contributed by atoms with Crippen LogP contribution in [0.5, 0.6) is 0 Å². The summed E-state index contributed by atoms with van der Waals surface area (Å²) in [5.74, 6) is 2.01. The zero-order valence-electron chi connectivity index (χ0n) is 14.1. The van der Waals surface area contributed by atoms with Gasteiger partial charge in [0.25, 0.3) is 0 Å². The predicted octanol–water partition coefficient (Wildman–Crippen LogP) is 4.20. The molecule has 0 bridgehead atoms. The van der Waals surface area contributed by atoms with Crippen LogP contribution in [-0.2, 0) is 4.74 Å². The fourth-order valence-electron chi connectivity index (χ4n) is 2.41. The number of aromatic nitrogens is 2. The number of anilines is 1. The van der Waals surface area contributed by atoms with E-state index in [2.05, 4.69) is 37.6 Å². The van der Waals surface area contributed by atoms with Gasteiger partial charge in [-0.25, -0.2) is 9.97 Å². The summed E-state index contributed by atoms with van der Waals surface area (Å²) in [5.41, 5.74) is 0.948. The van der Waals surface area contributed by atoms with Crippen LogP contribution < -0.4 is 4.90 Å². The first-order valence-corrected chi connectivity index (χ1v) is 8.13. The van der Waals surface area contributed by atoms with Crippen LogP contribution in [0.3, 0.4) is 0 Å². The summed E-state index contributed by atoms with van der Waals surface area (Å²) in [6.45, 7) is 12.1. The molecule has 0 spiro atoms. The van der Waals surface area contributed by atoms with E-state index in [0.717, 1.165) is 36.6 Å². The Labute approximate surface area is 133 Å². The summed E-state index contributed by atoms with van der Waals surface area (Å²) in [6, 6.07) is 0.435. The number of hydrogen-bond acceptors (Lipinski definition) is 4. The molecule has 0 atom stereocenters. The molecule has 0 saturated carbocycles. The van der Waals surface area contributed by atoms with E-state index >= 15 is 0 Å². The Kier molecular flexibility index (Phi) is 7.40. The Hall–Kier alpha value is -0.870. The molecule has 0 aliphatic rings. The van der Waals surface area contributed by atoms with Crippen molar-refractivity contribution in [3.05, 3.63) is 16.5 Å².